The topological polar surface area (TPSA) is 49.4 Å². The van der Waals surface area contributed by atoms with E-state index in [2.05, 4.69) is 5.32 Å². The van der Waals surface area contributed by atoms with Gasteiger partial charge in [-0.2, -0.15) is 0 Å². The van der Waals surface area contributed by atoms with Gasteiger partial charge >= 0.3 is 0 Å². The molecule has 4 nitrogen and oxygen atoms in total. The number of halogens is 2. The number of thioether (sulfide) groups is 1. The maximum Gasteiger partial charge on any atom is 0.295 e. The monoisotopic (exact) mass is 378 g/mol. The van der Waals surface area contributed by atoms with Gasteiger partial charge < -0.3 is 5.32 Å². The zero-order valence-corrected chi connectivity index (χ0v) is 14.7. The van der Waals surface area contributed by atoms with Crippen LogP contribution in [0.1, 0.15) is 5.56 Å². The molecule has 0 radical (unpaired) electrons. The van der Waals surface area contributed by atoms with Crippen LogP contribution in [0.4, 0.5) is 10.5 Å². The number of carbonyl (C=O) groups excluding carboxylic acids is 2. The molecule has 24 heavy (non-hydrogen) atoms. The maximum absolute atomic E-state index is 12.4. The molecule has 2 amide bonds. The van der Waals surface area contributed by atoms with Crippen LogP contribution in [0.5, 0.6) is 0 Å². The Morgan fingerprint density at radius 2 is 1.75 bits per heavy atom. The van der Waals surface area contributed by atoms with Crippen molar-refractivity contribution in [2.45, 2.75) is 0 Å². The summed E-state index contributed by atoms with van der Waals surface area (Å²) in [6, 6.07) is 14.2. The zero-order chi connectivity index (χ0) is 17.1. The maximum atomic E-state index is 12.4. The summed E-state index contributed by atoms with van der Waals surface area (Å²) < 4.78 is 0. The van der Waals surface area contributed by atoms with Crippen LogP contribution in [0, 0.1) is 0 Å². The Hall–Kier alpha value is -1.95. The van der Waals surface area contributed by atoms with Gasteiger partial charge in [0, 0.05) is 5.02 Å². The predicted octanol–water partition coefficient (Wildman–Crippen LogP) is 5.10. The molecule has 0 aromatic heterocycles. The van der Waals surface area contributed by atoms with Crippen LogP contribution in [-0.2, 0) is 4.79 Å². The summed E-state index contributed by atoms with van der Waals surface area (Å²) in [5.41, 5.74) is 1.48. The number of para-hydroxylation sites is 1. The summed E-state index contributed by atoms with van der Waals surface area (Å²) in [4.78, 5) is 26.0. The number of imide groups is 1. The number of carbonyl (C=O) groups is 2. The lowest BCUT2D eigenvalue weighted by Gasteiger charge is -2.15. The highest BCUT2D eigenvalue weighted by molar-refractivity contribution is 8.18. The van der Waals surface area contributed by atoms with Crippen molar-refractivity contribution in [3.63, 3.8) is 0 Å². The van der Waals surface area contributed by atoms with Crippen LogP contribution < -0.4 is 5.32 Å². The fourth-order valence-corrected chi connectivity index (χ4v) is 3.28. The summed E-state index contributed by atoms with van der Waals surface area (Å²) in [6.07, 6.45) is 1.68. The van der Waals surface area contributed by atoms with Crippen molar-refractivity contribution in [2.24, 2.45) is 0 Å². The lowest BCUT2D eigenvalue weighted by Crippen LogP contribution is -2.33. The molecule has 0 atom stereocenters. The molecule has 122 valence electrons. The van der Waals surface area contributed by atoms with Gasteiger partial charge in [-0.1, -0.05) is 47.5 Å². The standard InChI is InChI=1S/C17H12Cl2N2O2S/c18-12-7-5-11(6-8-12)9-15-16(22)21(17(23)24-15)10-20-14-4-2-1-3-13(14)19/h1-9,20H,10H2/b15-9+. The van der Waals surface area contributed by atoms with E-state index in [0.29, 0.717) is 20.6 Å². The minimum absolute atomic E-state index is 0.0619. The summed E-state index contributed by atoms with van der Waals surface area (Å²) >= 11 is 12.8. The van der Waals surface area contributed by atoms with E-state index >= 15 is 0 Å². The molecule has 0 saturated carbocycles. The first-order valence-corrected chi connectivity index (χ1v) is 8.61. The van der Waals surface area contributed by atoms with Crippen LogP contribution in [0.15, 0.2) is 53.4 Å². The second-order valence-electron chi connectivity index (χ2n) is 4.98. The third kappa shape index (κ3) is 3.75. The first-order chi connectivity index (χ1) is 11.5. The minimum atomic E-state index is -0.334. The lowest BCUT2D eigenvalue weighted by molar-refractivity contribution is -0.122. The predicted molar refractivity (Wildman–Crippen MR) is 99.2 cm³/mol. The van der Waals surface area contributed by atoms with Crippen molar-refractivity contribution in [2.75, 3.05) is 12.0 Å². The average molecular weight is 379 g/mol. The number of nitrogens with zero attached hydrogens (tertiary/aromatic N) is 1. The van der Waals surface area contributed by atoms with Gasteiger partial charge in [-0.05, 0) is 47.7 Å². The molecular formula is C17H12Cl2N2O2S. The molecule has 2 aromatic carbocycles. The number of amides is 2. The number of nitrogens with one attached hydrogen (secondary N) is 1. The second-order valence-corrected chi connectivity index (χ2v) is 6.81. The second kappa shape index (κ2) is 7.30. The highest BCUT2D eigenvalue weighted by Gasteiger charge is 2.34. The Bertz CT molecular complexity index is 822. The number of hydrogen-bond acceptors (Lipinski definition) is 4. The highest BCUT2D eigenvalue weighted by Crippen LogP contribution is 2.32. The molecule has 1 N–H and O–H groups in total. The van der Waals surface area contributed by atoms with Crippen molar-refractivity contribution >= 4 is 57.9 Å². The number of benzene rings is 2. The van der Waals surface area contributed by atoms with E-state index in [4.69, 9.17) is 23.2 Å². The largest absolute Gasteiger partial charge is 0.366 e. The Kier molecular flexibility index (Phi) is 5.14. The van der Waals surface area contributed by atoms with Gasteiger partial charge in [0.05, 0.1) is 22.3 Å². The average Bonchev–Trinajstić information content (AvgIpc) is 2.83. The van der Waals surface area contributed by atoms with E-state index in [1.54, 1.807) is 42.5 Å². The van der Waals surface area contributed by atoms with E-state index in [-0.39, 0.29) is 17.8 Å². The molecular weight excluding hydrogens is 367 g/mol. The summed E-state index contributed by atoms with van der Waals surface area (Å²) in [6.45, 7) is 0.0619. The van der Waals surface area contributed by atoms with E-state index < -0.39 is 0 Å². The molecule has 0 aliphatic carbocycles. The molecule has 2 aromatic rings. The van der Waals surface area contributed by atoms with Gasteiger partial charge in [0.1, 0.15) is 0 Å². The zero-order valence-electron chi connectivity index (χ0n) is 12.3. The van der Waals surface area contributed by atoms with Gasteiger partial charge in [-0.15, -0.1) is 0 Å². The van der Waals surface area contributed by atoms with Crippen LogP contribution in [0.25, 0.3) is 6.08 Å². The quantitative estimate of drug-likeness (QED) is 0.751. The van der Waals surface area contributed by atoms with Crippen LogP contribution in [-0.4, -0.2) is 22.7 Å². The molecule has 0 bridgehead atoms. The van der Waals surface area contributed by atoms with Crippen LogP contribution >= 0.6 is 35.0 Å². The number of rotatable bonds is 4. The third-order valence-electron chi connectivity index (χ3n) is 3.34. The highest BCUT2D eigenvalue weighted by atomic mass is 35.5. The molecule has 1 aliphatic heterocycles. The van der Waals surface area contributed by atoms with Crippen molar-refractivity contribution in [3.8, 4) is 0 Å². The number of hydrogen-bond donors (Lipinski definition) is 1. The molecule has 1 aliphatic rings. The molecule has 1 fully saturated rings. The van der Waals surface area contributed by atoms with Crippen LogP contribution in [0.2, 0.25) is 10.0 Å². The number of anilines is 1. The van der Waals surface area contributed by atoms with Gasteiger partial charge in [0.2, 0.25) is 0 Å². The normalized spacial score (nSPS) is 16.1. The van der Waals surface area contributed by atoms with Gasteiger partial charge in [-0.25, -0.2) is 0 Å². The third-order valence-corrected chi connectivity index (χ3v) is 4.83. The SMILES string of the molecule is O=C1S/C(=C/c2ccc(Cl)cc2)C(=O)N1CNc1ccccc1Cl. The smallest absolute Gasteiger partial charge is 0.295 e. The Morgan fingerprint density at radius 3 is 2.46 bits per heavy atom. The molecule has 1 saturated heterocycles. The summed E-state index contributed by atoms with van der Waals surface area (Å²) in [5.74, 6) is -0.334. The molecule has 3 rings (SSSR count). The van der Waals surface area contributed by atoms with Gasteiger partial charge in [0.25, 0.3) is 11.1 Å². The summed E-state index contributed by atoms with van der Waals surface area (Å²) in [7, 11) is 0. The van der Waals surface area contributed by atoms with E-state index in [9.17, 15) is 9.59 Å². The van der Waals surface area contributed by atoms with Crippen molar-refractivity contribution in [1.82, 2.24) is 4.90 Å². The Labute approximate surface area is 153 Å². The summed E-state index contributed by atoms with van der Waals surface area (Å²) in [5, 5.41) is 3.83. The lowest BCUT2D eigenvalue weighted by atomic mass is 10.2. The Morgan fingerprint density at radius 1 is 1.04 bits per heavy atom. The molecule has 0 spiro atoms. The van der Waals surface area contributed by atoms with E-state index in [1.165, 1.54) is 0 Å². The fourth-order valence-electron chi connectivity index (χ4n) is 2.12. The fraction of sp³-hybridized carbons (Fsp3) is 0.0588. The molecule has 7 heteroatoms. The van der Waals surface area contributed by atoms with Gasteiger partial charge in [0.15, 0.2) is 0 Å². The van der Waals surface area contributed by atoms with Crippen LogP contribution in [0.3, 0.4) is 0 Å². The van der Waals surface area contributed by atoms with Crippen molar-refractivity contribution in [1.29, 1.82) is 0 Å². The van der Waals surface area contributed by atoms with Gasteiger partial charge in [-0.3, -0.25) is 14.5 Å². The van der Waals surface area contributed by atoms with E-state index in [1.807, 2.05) is 12.1 Å². The van der Waals surface area contributed by atoms with E-state index in [0.717, 1.165) is 22.2 Å². The van der Waals surface area contributed by atoms with Crippen molar-refractivity contribution in [3.05, 3.63) is 69.0 Å². The molecule has 1 heterocycles. The Balaban J connectivity index is 1.72. The first kappa shape index (κ1) is 16.9. The van der Waals surface area contributed by atoms with Crippen molar-refractivity contribution < 1.29 is 9.59 Å². The minimum Gasteiger partial charge on any atom is -0.366 e. The first-order valence-electron chi connectivity index (χ1n) is 7.04. The molecule has 0 unspecified atom stereocenters.